The Hall–Kier alpha value is -2.45. The van der Waals surface area contributed by atoms with Gasteiger partial charge in [0, 0.05) is 6.42 Å². The molecule has 0 spiro atoms. The number of fused-ring (bicyclic) bond motifs is 2. The molecule has 310 valence electrons. The minimum absolute atomic E-state index is 0. The van der Waals surface area contributed by atoms with Gasteiger partial charge in [0.05, 0.1) is 30.3 Å². The van der Waals surface area contributed by atoms with Gasteiger partial charge >= 0.3 is 29.8 Å². The number of hydrogen-bond donors (Lipinski definition) is 0. The third-order valence-electron chi connectivity index (χ3n) is 13.8. The SMILES string of the molecule is C.C.C.C.CC1C(=O)OC(=O)C1C.CC1C2CCC(C2)C1C.CCC(C)C(=O)OC1(C)C2CC3CC(C2)CC1C3.CCC(C)C(=O)OC1CCOC1=O. The van der Waals surface area contributed by atoms with Crippen molar-refractivity contribution >= 4 is 29.8 Å². The average Bonchev–Trinajstić information content (AvgIpc) is 3.84. The quantitative estimate of drug-likeness (QED) is 0.148. The van der Waals surface area contributed by atoms with Gasteiger partial charge < -0.3 is 18.9 Å². The van der Waals surface area contributed by atoms with Gasteiger partial charge in [-0.3, -0.25) is 19.2 Å². The summed E-state index contributed by atoms with van der Waals surface area (Å²) in [5.41, 5.74) is -0.145. The van der Waals surface area contributed by atoms with E-state index >= 15 is 0 Å². The molecule has 6 saturated carbocycles. The zero-order valence-electron chi connectivity index (χ0n) is 31.7. The monoisotopic (exact) mass is 753 g/mol. The molecule has 8 aliphatic rings. The minimum atomic E-state index is -0.665. The first-order valence-corrected chi connectivity index (χ1v) is 19.4. The molecule has 0 radical (unpaired) electrons. The van der Waals surface area contributed by atoms with E-state index in [-0.39, 0.29) is 70.9 Å². The van der Waals surface area contributed by atoms with Crippen molar-refractivity contribution in [3.8, 4) is 0 Å². The lowest BCUT2D eigenvalue weighted by Gasteiger charge is -2.59. The molecule has 8 rings (SSSR count). The summed E-state index contributed by atoms with van der Waals surface area (Å²) in [6, 6.07) is 0. The second-order valence-electron chi connectivity index (χ2n) is 16.8. The molecule has 0 aromatic heterocycles. The molecular formula is C44H80O9. The third kappa shape index (κ3) is 11.8. The molecule has 0 aromatic rings. The Labute approximate surface area is 324 Å². The van der Waals surface area contributed by atoms with Gasteiger partial charge in [0.15, 0.2) is 0 Å². The van der Waals surface area contributed by atoms with Crippen LogP contribution in [0.15, 0.2) is 0 Å². The molecule has 2 heterocycles. The van der Waals surface area contributed by atoms with Crippen molar-refractivity contribution in [1.82, 2.24) is 0 Å². The highest BCUT2D eigenvalue weighted by atomic mass is 16.6. The van der Waals surface area contributed by atoms with E-state index in [0.717, 1.165) is 48.3 Å². The lowest BCUT2D eigenvalue weighted by Crippen LogP contribution is -2.58. The maximum Gasteiger partial charge on any atom is 0.347 e. The van der Waals surface area contributed by atoms with E-state index in [1.165, 1.54) is 44.9 Å². The van der Waals surface area contributed by atoms with Crippen LogP contribution in [-0.4, -0.2) is 48.2 Å². The summed E-state index contributed by atoms with van der Waals surface area (Å²) < 4.78 is 20.0. The number of cyclic esters (lactones) is 3. The van der Waals surface area contributed by atoms with Crippen LogP contribution in [0.25, 0.3) is 0 Å². The van der Waals surface area contributed by atoms with Crippen LogP contribution in [0.4, 0.5) is 0 Å². The summed E-state index contributed by atoms with van der Waals surface area (Å²) in [5, 5.41) is 0. The molecule has 2 aliphatic heterocycles. The zero-order chi connectivity index (χ0) is 36.2. The molecule has 0 N–H and O–H groups in total. The van der Waals surface area contributed by atoms with Crippen molar-refractivity contribution in [1.29, 1.82) is 0 Å². The topological polar surface area (TPSA) is 122 Å². The summed E-state index contributed by atoms with van der Waals surface area (Å²) in [6.45, 7) is 18.6. The van der Waals surface area contributed by atoms with Crippen LogP contribution in [0, 0.1) is 71.0 Å². The summed E-state index contributed by atoms with van der Waals surface area (Å²) in [4.78, 5) is 55.4. The summed E-state index contributed by atoms with van der Waals surface area (Å²) in [7, 11) is 0. The van der Waals surface area contributed by atoms with Crippen LogP contribution >= 0.6 is 0 Å². The predicted octanol–water partition coefficient (Wildman–Crippen LogP) is 10.3. The van der Waals surface area contributed by atoms with Gasteiger partial charge in [0.25, 0.3) is 0 Å². The van der Waals surface area contributed by atoms with Gasteiger partial charge in [-0.2, -0.15) is 0 Å². The third-order valence-corrected chi connectivity index (χ3v) is 13.8. The van der Waals surface area contributed by atoms with Gasteiger partial charge in [0.1, 0.15) is 5.60 Å². The standard InChI is InChI=1S/C16H26O2.C9H14O4.C9H16.C6H8O3.4CH4/c1-4-10(2)15(17)18-16(3)13-6-11-5-12(8-13)9-14(16)7-11;1-3-6(2)8(10)13-7-4-5-12-9(7)11;1-6-7(2)9-4-3-8(6)5-9;1-3-4(2)6(8)9-5(3)7;;;;/h10-14H,4-9H2,1-3H3;6-7H,3-5H2,1-2H3;6-9H,3-5H2,1-2H3;3-4H,1-2H3;4*1H4. The molecule has 9 nitrogen and oxygen atoms in total. The van der Waals surface area contributed by atoms with E-state index in [4.69, 9.17) is 9.47 Å². The van der Waals surface area contributed by atoms with E-state index < -0.39 is 24.0 Å². The Bertz CT molecular complexity index is 1130. The molecule has 0 amide bonds. The van der Waals surface area contributed by atoms with Crippen LogP contribution in [0.3, 0.4) is 0 Å². The molecule has 6 bridgehead atoms. The molecule has 53 heavy (non-hydrogen) atoms. The zero-order valence-corrected chi connectivity index (χ0v) is 31.7. The molecule has 9 heteroatoms. The molecule has 2 saturated heterocycles. The van der Waals surface area contributed by atoms with E-state index in [2.05, 4.69) is 37.2 Å². The Morgan fingerprint density at radius 3 is 1.43 bits per heavy atom. The maximum atomic E-state index is 12.1. The van der Waals surface area contributed by atoms with E-state index in [9.17, 15) is 24.0 Å². The largest absolute Gasteiger partial charge is 0.463 e. The number of rotatable bonds is 6. The summed E-state index contributed by atoms with van der Waals surface area (Å²) in [5.74, 6) is 5.38. The van der Waals surface area contributed by atoms with Crippen molar-refractivity contribution in [3.05, 3.63) is 0 Å². The highest BCUT2D eigenvalue weighted by molar-refractivity contribution is 5.95. The lowest BCUT2D eigenvalue weighted by atomic mass is 9.50. The first kappa shape index (κ1) is 50.5. The lowest BCUT2D eigenvalue weighted by molar-refractivity contribution is -0.206. The van der Waals surface area contributed by atoms with Crippen molar-refractivity contribution in [3.63, 3.8) is 0 Å². The molecular weight excluding hydrogens is 672 g/mol. The van der Waals surface area contributed by atoms with Crippen LogP contribution in [0.5, 0.6) is 0 Å². The Kier molecular flexibility index (Phi) is 20.6. The second-order valence-corrected chi connectivity index (χ2v) is 16.8. The fraction of sp³-hybridized carbons (Fsp3) is 0.886. The molecule has 8 fully saturated rings. The van der Waals surface area contributed by atoms with Crippen LogP contribution in [-0.2, 0) is 42.9 Å². The van der Waals surface area contributed by atoms with Gasteiger partial charge in [-0.15, -0.1) is 0 Å². The normalized spacial score (nSPS) is 37.4. The summed E-state index contributed by atoms with van der Waals surface area (Å²) >= 11 is 0. The van der Waals surface area contributed by atoms with Crippen molar-refractivity contribution < 1.29 is 42.9 Å². The first-order chi connectivity index (χ1) is 23.1. The van der Waals surface area contributed by atoms with E-state index in [0.29, 0.717) is 24.9 Å². The summed E-state index contributed by atoms with van der Waals surface area (Å²) in [6.07, 6.45) is 12.7. The van der Waals surface area contributed by atoms with Gasteiger partial charge in [-0.1, -0.05) is 85.1 Å². The van der Waals surface area contributed by atoms with Crippen LogP contribution in [0.2, 0.25) is 0 Å². The number of ether oxygens (including phenoxy) is 4. The highest BCUT2D eigenvalue weighted by Crippen LogP contribution is 2.59. The smallest absolute Gasteiger partial charge is 0.347 e. The van der Waals surface area contributed by atoms with Crippen LogP contribution < -0.4 is 0 Å². The van der Waals surface area contributed by atoms with Crippen LogP contribution in [0.1, 0.15) is 163 Å². The average molecular weight is 753 g/mol. The van der Waals surface area contributed by atoms with Gasteiger partial charge in [-0.25, -0.2) is 4.79 Å². The van der Waals surface area contributed by atoms with Gasteiger partial charge in [-0.05, 0) is 118 Å². The van der Waals surface area contributed by atoms with E-state index in [1.54, 1.807) is 27.2 Å². The maximum absolute atomic E-state index is 12.1. The second kappa shape index (κ2) is 21.6. The minimum Gasteiger partial charge on any atom is -0.463 e. The Balaban J connectivity index is 0.000000691. The van der Waals surface area contributed by atoms with Crippen molar-refractivity contribution in [2.75, 3.05) is 6.61 Å². The highest BCUT2D eigenvalue weighted by Gasteiger charge is 2.57. The Morgan fingerprint density at radius 2 is 1.11 bits per heavy atom. The van der Waals surface area contributed by atoms with Crippen molar-refractivity contribution in [2.24, 2.45) is 71.0 Å². The molecule has 9 unspecified atom stereocenters. The number of carbonyl (C=O) groups excluding carboxylic acids is 5. The fourth-order valence-electron chi connectivity index (χ4n) is 9.34. The number of esters is 5. The molecule has 0 aromatic carbocycles. The van der Waals surface area contributed by atoms with Crippen molar-refractivity contribution in [2.45, 2.75) is 174 Å². The number of carbonyl (C=O) groups is 5. The number of hydrogen-bond acceptors (Lipinski definition) is 9. The predicted molar refractivity (Wildman–Crippen MR) is 211 cm³/mol. The first-order valence-electron chi connectivity index (χ1n) is 19.4. The fourth-order valence-corrected chi connectivity index (χ4v) is 9.34. The van der Waals surface area contributed by atoms with Gasteiger partial charge in [0.2, 0.25) is 6.10 Å². The Morgan fingerprint density at radius 1 is 0.679 bits per heavy atom. The van der Waals surface area contributed by atoms with E-state index in [1.807, 2.05) is 13.8 Å². The molecule has 9 atom stereocenters. The molecule has 6 aliphatic carbocycles.